The standard InChI is InChI=1S/C22H19ClN6O3/c23-16-10-11-17(18(14-16)25-22(31)19-8-5-13-32-19)24-20(30)9-4-12-29-27-21(26-28-29)15-6-2-1-3-7-15/h1-3,5-8,10-11,13-14H,4,9,12H2,(H,24,30)(H,25,31). The molecule has 0 saturated heterocycles. The number of carbonyl (C=O) groups is 2. The van der Waals surface area contributed by atoms with Crippen molar-refractivity contribution in [1.29, 1.82) is 0 Å². The van der Waals surface area contributed by atoms with Crippen molar-refractivity contribution >= 4 is 34.8 Å². The number of nitrogens with zero attached hydrogens (tertiary/aromatic N) is 4. The second kappa shape index (κ2) is 9.88. The average molecular weight is 451 g/mol. The van der Waals surface area contributed by atoms with Crippen LogP contribution in [0, 0.1) is 0 Å². The number of rotatable bonds is 8. The van der Waals surface area contributed by atoms with Crippen molar-refractivity contribution in [3.05, 3.63) is 77.7 Å². The van der Waals surface area contributed by atoms with E-state index >= 15 is 0 Å². The monoisotopic (exact) mass is 450 g/mol. The van der Waals surface area contributed by atoms with Crippen LogP contribution in [0.3, 0.4) is 0 Å². The normalized spacial score (nSPS) is 10.7. The number of anilines is 2. The Balaban J connectivity index is 1.32. The largest absolute Gasteiger partial charge is 0.459 e. The van der Waals surface area contributed by atoms with Gasteiger partial charge in [0.1, 0.15) is 0 Å². The van der Waals surface area contributed by atoms with Crippen LogP contribution < -0.4 is 10.6 Å². The van der Waals surface area contributed by atoms with Gasteiger partial charge in [0, 0.05) is 17.0 Å². The smallest absolute Gasteiger partial charge is 0.291 e. The number of furan rings is 1. The zero-order valence-corrected chi connectivity index (χ0v) is 17.6. The summed E-state index contributed by atoms with van der Waals surface area (Å²) < 4.78 is 5.09. The number of aromatic nitrogens is 4. The molecule has 10 heteroatoms. The summed E-state index contributed by atoms with van der Waals surface area (Å²) >= 11 is 6.05. The van der Waals surface area contributed by atoms with Crippen LogP contribution in [0.2, 0.25) is 5.02 Å². The molecule has 2 heterocycles. The molecule has 0 aliphatic carbocycles. The van der Waals surface area contributed by atoms with Crippen LogP contribution in [-0.4, -0.2) is 32.0 Å². The third-order valence-electron chi connectivity index (χ3n) is 4.50. The van der Waals surface area contributed by atoms with Crippen molar-refractivity contribution < 1.29 is 14.0 Å². The van der Waals surface area contributed by atoms with Gasteiger partial charge in [-0.1, -0.05) is 41.9 Å². The lowest BCUT2D eigenvalue weighted by atomic mass is 10.2. The van der Waals surface area contributed by atoms with Crippen molar-refractivity contribution in [1.82, 2.24) is 20.2 Å². The second-order valence-corrected chi connectivity index (χ2v) is 7.28. The van der Waals surface area contributed by atoms with E-state index in [-0.39, 0.29) is 18.1 Å². The Kier molecular flexibility index (Phi) is 6.57. The Morgan fingerprint density at radius 2 is 1.84 bits per heavy atom. The van der Waals surface area contributed by atoms with Gasteiger partial charge in [-0.3, -0.25) is 9.59 Å². The number of carbonyl (C=O) groups excluding carboxylic acids is 2. The predicted octanol–water partition coefficient (Wildman–Crippen LogP) is 4.26. The minimum absolute atomic E-state index is 0.150. The van der Waals surface area contributed by atoms with E-state index in [4.69, 9.17) is 16.0 Å². The van der Waals surface area contributed by atoms with Crippen LogP contribution in [0.5, 0.6) is 0 Å². The van der Waals surface area contributed by atoms with Crippen LogP contribution in [-0.2, 0) is 11.3 Å². The maximum atomic E-state index is 12.4. The third kappa shape index (κ3) is 5.38. The van der Waals surface area contributed by atoms with Crippen LogP contribution in [0.25, 0.3) is 11.4 Å². The highest BCUT2D eigenvalue weighted by Gasteiger charge is 2.14. The number of benzene rings is 2. The fourth-order valence-electron chi connectivity index (χ4n) is 2.96. The molecule has 0 saturated carbocycles. The number of hydrogen-bond acceptors (Lipinski definition) is 6. The predicted molar refractivity (Wildman–Crippen MR) is 119 cm³/mol. The number of nitrogens with one attached hydrogen (secondary N) is 2. The highest BCUT2D eigenvalue weighted by atomic mass is 35.5. The number of halogens is 1. The first-order valence-electron chi connectivity index (χ1n) is 9.86. The zero-order valence-electron chi connectivity index (χ0n) is 16.9. The van der Waals surface area contributed by atoms with Gasteiger partial charge in [0.2, 0.25) is 11.7 Å². The molecule has 0 aliphatic heterocycles. The Morgan fingerprint density at radius 3 is 2.62 bits per heavy atom. The quantitative estimate of drug-likeness (QED) is 0.414. The average Bonchev–Trinajstić information content (AvgIpc) is 3.49. The summed E-state index contributed by atoms with van der Waals surface area (Å²) in [4.78, 5) is 26.2. The van der Waals surface area contributed by atoms with Crippen molar-refractivity contribution in [2.24, 2.45) is 0 Å². The summed E-state index contributed by atoms with van der Waals surface area (Å²) in [7, 11) is 0. The van der Waals surface area contributed by atoms with Gasteiger partial charge >= 0.3 is 0 Å². The third-order valence-corrected chi connectivity index (χ3v) is 4.73. The van der Waals surface area contributed by atoms with Crippen molar-refractivity contribution in [2.75, 3.05) is 10.6 Å². The molecule has 2 aromatic heterocycles. The first-order chi connectivity index (χ1) is 15.6. The minimum Gasteiger partial charge on any atom is -0.459 e. The van der Waals surface area contributed by atoms with Gasteiger partial charge in [0.25, 0.3) is 5.91 Å². The summed E-state index contributed by atoms with van der Waals surface area (Å²) in [6, 6.07) is 17.5. The first kappa shape index (κ1) is 21.3. The van der Waals surface area contributed by atoms with E-state index in [2.05, 4.69) is 26.0 Å². The molecular weight excluding hydrogens is 432 g/mol. The van der Waals surface area contributed by atoms with Gasteiger partial charge in [-0.2, -0.15) is 4.80 Å². The summed E-state index contributed by atoms with van der Waals surface area (Å²) in [5.74, 6) is 0.0223. The van der Waals surface area contributed by atoms with E-state index in [0.29, 0.717) is 35.2 Å². The number of aryl methyl sites for hydroxylation is 1. The van der Waals surface area contributed by atoms with Crippen LogP contribution >= 0.6 is 11.6 Å². The van der Waals surface area contributed by atoms with Crippen molar-refractivity contribution in [3.8, 4) is 11.4 Å². The molecule has 0 aliphatic rings. The number of amides is 2. The molecule has 2 N–H and O–H groups in total. The molecule has 0 spiro atoms. The van der Waals surface area contributed by atoms with Gasteiger partial charge in [0.05, 0.1) is 24.2 Å². The molecule has 0 atom stereocenters. The van der Waals surface area contributed by atoms with E-state index in [1.54, 1.807) is 30.3 Å². The van der Waals surface area contributed by atoms with E-state index in [9.17, 15) is 9.59 Å². The highest BCUT2D eigenvalue weighted by molar-refractivity contribution is 6.31. The summed E-state index contributed by atoms with van der Waals surface area (Å²) in [6.07, 6.45) is 2.15. The van der Waals surface area contributed by atoms with Gasteiger partial charge in [-0.25, -0.2) is 0 Å². The minimum atomic E-state index is -0.445. The van der Waals surface area contributed by atoms with E-state index in [0.717, 1.165) is 5.56 Å². The molecule has 2 amide bonds. The topological polar surface area (TPSA) is 115 Å². The molecule has 0 fully saturated rings. The Morgan fingerprint density at radius 1 is 1.00 bits per heavy atom. The van der Waals surface area contributed by atoms with Gasteiger partial charge < -0.3 is 15.1 Å². The summed E-state index contributed by atoms with van der Waals surface area (Å²) in [6.45, 7) is 0.440. The lowest BCUT2D eigenvalue weighted by Crippen LogP contribution is -2.17. The Bertz CT molecular complexity index is 1210. The SMILES string of the molecule is O=C(CCCn1nnc(-c2ccccc2)n1)Nc1ccc(Cl)cc1NC(=O)c1ccco1. The Labute approximate surface area is 188 Å². The molecule has 2 aromatic carbocycles. The maximum Gasteiger partial charge on any atom is 0.291 e. The molecule has 32 heavy (non-hydrogen) atoms. The lowest BCUT2D eigenvalue weighted by molar-refractivity contribution is -0.116. The summed E-state index contributed by atoms with van der Waals surface area (Å²) in [5.41, 5.74) is 1.69. The van der Waals surface area contributed by atoms with Crippen LogP contribution in [0.4, 0.5) is 11.4 Å². The highest BCUT2D eigenvalue weighted by Crippen LogP contribution is 2.26. The van der Waals surface area contributed by atoms with Gasteiger partial charge in [-0.15, -0.1) is 10.2 Å². The molecule has 162 valence electrons. The molecule has 0 bridgehead atoms. The van der Waals surface area contributed by atoms with Crippen molar-refractivity contribution in [2.45, 2.75) is 19.4 Å². The molecule has 4 aromatic rings. The molecule has 0 unspecified atom stereocenters. The fraction of sp³-hybridized carbons (Fsp3) is 0.136. The fourth-order valence-corrected chi connectivity index (χ4v) is 3.13. The van der Waals surface area contributed by atoms with Gasteiger partial charge in [0.15, 0.2) is 5.76 Å². The molecular formula is C22H19ClN6O3. The number of hydrogen-bond donors (Lipinski definition) is 2. The van der Waals surface area contributed by atoms with E-state index < -0.39 is 5.91 Å². The van der Waals surface area contributed by atoms with Gasteiger partial charge in [-0.05, 0) is 42.0 Å². The van der Waals surface area contributed by atoms with E-state index in [1.165, 1.54) is 11.1 Å². The number of tetrazole rings is 1. The molecule has 4 rings (SSSR count). The zero-order chi connectivity index (χ0) is 22.3. The lowest BCUT2D eigenvalue weighted by Gasteiger charge is -2.12. The first-order valence-corrected chi connectivity index (χ1v) is 10.2. The van der Waals surface area contributed by atoms with Crippen LogP contribution in [0.1, 0.15) is 23.4 Å². The second-order valence-electron chi connectivity index (χ2n) is 6.85. The maximum absolute atomic E-state index is 12.4. The van der Waals surface area contributed by atoms with Crippen LogP contribution in [0.15, 0.2) is 71.3 Å². The molecule has 9 nitrogen and oxygen atoms in total. The van der Waals surface area contributed by atoms with Crippen molar-refractivity contribution in [3.63, 3.8) is 0 Å². The molecule has 0 radical (unpaired) electrons. The Hall–Kier alpha value is -3.98. The van der Waals surface area contributed by atoms with E-state index in [1.807, 2.05) is 30.3 Å². The summed E-state index contributed by atoms with van der Waals surface area (Å²) in [5, 5.41) is 18.3.